The third-order valence-electron chi connectivity index (χ3n) is 2.82. The van der Waals surface area contributed by atoms with Crippen LogP contribution in [0, 0.1) is 0 Å². The summed E-state index contributed by atoms with van der Waals surface area (Å²) >= 11 is 2.75. The Balaban J connectivity index is 1.62. The fourth-order valence-electron chi connectivity index (χ4n) is 1.73. The van der Waals surface area contributed by atoms with Crippen molar-refractivity contribution in [3.8, 4) is 10.8 Å². The van der Waals surface area contributed by atoms with Crippen LogP contribution in [0.25, 0.3) is 10.8 Å². The summed E-state index contributed by atoms with van der Waals surface area (Å²) in [6.45, 7) is 1.64. The fourth-order valence-corrected chi connectivity index (χ4v) is 3.16. The van der Waals surface area contributed by atoms with E-state index in [4.69, 9.17) is 4.52 Å². The molecule has 0 unspecified atom stereocenters. The van der Waals surface area contributed by atoms with E-state index in [1.165, 1.54) is 29.6 Å². The maximum Gasteiger partial charge on any atom is 0.268 e. The van der Waals surface area contributed by atoms with Crippen molar-refractivity contribution in [2.45, 2.75) is 13.5 Å². The largest absolute Gasteiger partial charge is 0.345 e. The number of carbonyl (C=O) groups excluding carboxylic acids is 2. The average molecular weight is 333 g/mol. The first-order chi connectivity index (χ1) is 10.6. The molecule has 6 nitrogen and oxygen atoms in total. The van der Waals surface area contributed by atoms with Crippen LogP contribution >= 0.6 is 22.7 Å². The Morgan fingerprint density at radius 2 is 2.23 bits per heavy atom. The highest BCUT2D eigenvalue weighted by molar-refractivity contribution is 7.13. The third kappa shape index (κ3) is 3.12. The van der Waals surface area contributed by atoms with Crippen molar-refractivity contribution in [2.75, 3.05) is 0 Å². The molecule has 1 N–H and O–H groups in total. The molecule has 0 aromatic carbocycles. The second-order valence-corrected chi connectivity index (χ2v) is 6.29. The highest BCUT2D eigenvalue weighted by Crippen LogP contribution is 2.22. The third-order valence-corrected chi connectivity index (χ3v) is 4.70. The number of thiophene rings is 2. The second kappa shape index (κ2) is 6.20. The molecule has 0 atom stereocenters. The molecule has 0 aliphatic heterocycles. The first kappa shape index (κ1) is 14.6. The predicted molar refractivity (Wildman–Crippen MR) is 83.1 cm³/mol. The van der Waals surface area contributed by atoms with Gasteiger partial charge in [0.2, 0.25) is 0 Å². The zero-order valence-corrected chi connectivity index (χ0v) is 13.2. The molecular weight excluding hydrogens is 322 g/mol. The van der Waals surface area contributed by atoms with Gasteiger partial charge in [-0.05, 0) is 24.4 Å². The number of hydrogen-bond donors (Lipinski definition) is 1. The highest BCUT2D eigenvalue weighted by atomic mass is 32.1. The monoisotopic (exact) mass is 333 g/mol. The maximum atomic E-state index is 12.0. The van der Waals surface area contributed by atoms with Crippen LogP contribution in [0.1, 0.15) is 32.8 Å². The van der Waals surface area contributed by atoms with Crippen LogP contribution in [-0.2, 0) is 6.54 Å². The van der Waals surface area contributed by atoms with Gasteiger partial charge in [-0.25, -0.2) is 0 Å². The van der Waals surface area contributed by atoms with Gasteiger partial charge in [-0.15, -0.1) is 22.7 Å². The lowest BCUT2D eigenvalue weighted by atomic mass is 10.2. The Morgan fingerprint density at radius 1 is 1.36 bits per heavy atom. The van der Waals surface area contributed by atoms with Crippen molar-refractivity contribution < 1.29 is 14.1 Å². The number of Topliss-reactive ketones (excluding diaryl/α,β-unsaturated/α-hetero) is 1. The fraction of sp³-hybridized carbons (Fsp3) is 0.143. The zero-order chi connectivity index (χ0) is 15.5. The molecule has 3 aromatic heterocycles. The number of carbonyl (C=O) groups is 2. The van der Waals surface area contributed by atoms with Crippen molar-refractivity contribution in [3.63, 3.8) is 0 Å². The number of amides is 1. The number of nitrogens with zero attached hydrogens (tertiary/aromatic N) is 2. The molecule has 3 rings (SSSR count). The molecule has 22 heavy (non-hydrogen) atoms. The van der Waals surface area contributed by atoms with E-state index in [2.05, 4.69) is 15.5 Å². The SMILES string of the molecule is CC(=O)c1cc(C(=O)NCc2noc(-c3cccs3)n2)cs1. The van der Waals surface area contributed by atoms with E-state index < -0.39 is 0 Å². The van der Waals surface area contributed by atoms with Gasteiger partial charge < -0.3 is 9.84 Å². The van der Waals surface area contributed by atoms with Crippen molar-refractivity contribution in [1.29, 1.82) is 0 Å². The van der Waals surface area contributed by atoms with Gasteiger partial charge in [-0.2, -0.15) is 4.98 Å². The van der Waals surface area contributed by atoms with Crippen LogP contribution in [0.15, 0.2) is 33.5 Å². The summed E-state index contributed by atoms with van der Waals surface area (Å²) < 4.78 is 5.14. The Bertz CT molecular complexity index is 805. The zero-order valence-electron chi connectivity index (χ0n) is 11.5. The van der Waals surface area contributed by atoms with Gasteiger partial charge in [-0.1, -0.05) is 11.2 Å². The molecule has 0 spiro atoms. The lowest BCUT2D eigenvalue weighted by Gasteiger charge is -1.98. The molecule has 8 heteroatoms. The van der Waals surface area contributed by atoms with Crippen LogP contribution < -0.4 is 5.32 Å². The number of ketones is 1. The molecule has 112 valence electrons. The Kier molecular flexibility index (Phi) is 4.12. The molecule has 3 aromatic rings. The van der Waals surface area contributed by atoms with Gasteiger partial charge in [0.15, 0.2) is 11.6 Å². The lowest BCUT2D eigenvalue weighted by Crippen LogP contribution is -2.22. The van der Waals surface area contributed by atoms with E-state index in [9.17, 15) is 9.59 Å². The van der Waals surface area contributed by atoms with Gasteiger partial charge in [0.25, 0.3) is 11.8 Å². The summed E-state index contributed by atoms with van der Waals surface area (Å²) in [6.07, 6.45) is 0. The van der Waals surface area contributed by atoms with E-state index in [1.807, 2.05) is 17.5 Å². The molecule has 0 saturated heterocycles. The Labute approximate surface area is 133 Å². The number of nitrogens with one attached hydrogen (secondary N) is 1. The summed E-state index contributed by atoms with van der Waals surface area (Å²) in [5.41, 5.74) is 0.456. The van der Waals surface area contributed by atoms with E-state index in [1.54, 1.807) is 11.4 Å². The number of aromatic nitrogens is 2. The van der Waals surface area contributed by atoms with Crippen molar-refractivity contribution in [3.05, 3.63) is 45.2 Å². The van der Waals surface area contributed by atoms with Gasteiger partial charge in [-0.3, -0.25) is 9.59 Å². The molecule has 0 fully saturated rings. The average Bonchev–Trinajstić information content (AvgIpc) is 3.23. The van der Waals surface area contributed by atoms with Gasteiger partial charge in [0, 0.05) is 5.38 Å². The van der Waals surface area contributed by atoms with E-state index in [0.717, 1.165) is 4.88 Å². The van der Waals surface area contributed by atoms with Crippen LogP contribution in [0.5, 0.6) is 0 Å². The quantitative estimate of drug-likeness (QED) is 0.726. The van der Waals surface area contributed by atoms with Crippen molar-refractivity contribution in [1.82, 2.24) is 15.5 Å². The minimum atomic E-state index is -0.272. The first-order valence-electron chi connectivity index (χ1n) is 6.37. The summed E-state index contributed by atoms with van der Waals surface area (Å²) in [5, 5.41) is 10.1. The molecule has 0 radical (unpaired) electrons. The molecule has 0 aliphatic rings. The number of hydrogen-bond acceptors (Lipinski definition) is 7. The van der Waals surface area contributed by atoms with Crippen molar-refractivity contribution in [2.24, 2.45) is 0 Å². The molecule has 1 amide bonds. The molecular formula is C14H11N3O3S2. The van der Waals surface area contributed by atoms with Crippen molar-refractivity contribution >= 4 is 34.4 Å². The van der Waals surface area contributed by atoms with Gasteiger partial charge >= 0.3 is 0 Å². The minimum absolute atomic E-state index is 0.0530. The molecule has 3 heterocycles. The molecule has 0 saturated carbocycles. The van der Waals surface area contributed by atoms with Crippen LogP contribution in [-0.4, -0.2) is 21.8 Å². The summed E-state index contributed by atoms with van der Waals surface area (Å²) in [5.74, 6) is 0.515. The molecule has 0 bridgehead atoms. The number of rotatable bonds is 5. The highest BCUT2D eigenvalue weighted by Gasteiger charge is 2.13. The lowest BCUT2D eigenvalue weighted by molar-refractivity contribution is 0.0950. The normalized spacial score (nSPS) is 10.6. The summed E-state index contributed by atoms with van der Waals surface area (Å²) in [6, 6.07) is 5.36. The Hall–Kier alpha value is -2.32. The summed E-state index contributed by atoms with van der Waals surface area (Å²) in [4.78, 5) is 28.9. The Morgan fingerprint density at radius 3 is 2.91 bits per heavy atom. The maximum absolute atomic E-state index is 12.0. The first-order valence-corrected chi connectivity index (χ1v) is 8.13. The van der Waals surface area contributed by atoms with E-state index >= 15 is 0 Å². The van der Waals surface area contributed by atoms with E-state index in [0.29, 0.717) is 22.2 Å². The second-order valence-electron chi connectivity index (χ2n) is 4.43. The predicted octanol–water partition coefficient (Wildman–Crippen LogP) is 2.99. The molecule has 0 aliphatic carbocycles. The van der Waals surface area contributed by atoms with Crippen LogP contribution in [0.2, 0.25) is 0 Å². The minimum Gasteiger partial charge on any atom is -0.345 e. The smallest absolute Gasteiger partial charge is 0.268 e. The van der Waals surface area contributed by atoms with Gasteiger partial charge in [0.05, 0.1) is 21.9 Å². The van der Waals surface area contributed by atoms with Gasteiger partial charge in [0.1, 0.15) is 0 Å². The van der Waals surface area contributed by atoms with Crippen LogP contribution in [0.4, 0.5) is 0 Å². The topological polar surface area (TPSA) is 85.1 Å². The van der Waals surface area contributed by atoms with Crippen LogP contribution in [0.3, 0.4) is 0 Å². The standard InChI is InChI=1S/C14H11N3O3S2/c1-8(18)11-5-9(7-22-11)13(19)15-6-12-16-14(20-17-12)10-3-2-4-21-10/h2-5,7H,6H2,1H3,(H,15,19). The summed E-state index contributed by atoms with van der Waals surface area (Å²) in [7, 11) is 0. The van der Waals surface area contributed by atoms with E-state index in [-0.39, 0.29) is 18.2 Å².